The number of ether oxygens (including phenoxy) is 1. The molecule has 0 saturated carbocycles. The highest BCUT2D eigenvalue weighted by atomic mass is 35.5. The Morgan fingerprint density at radius 1 is 1.35 bits per heavy atom. The van der Waals surface area contributed by atoms with Crippen LogP contribution in [0.4, 0.5) is 0 Å². The molecule has 0 bridgehead atoms. The van der Waals surface area contributed by atoms with Gasteiger partial charge in [0.1, 0.15) is 12.4 Å². The lowest BCUT2D eigenvalue weighted by Gasteiger charge is -2.18. The molecule has 0 fully saturated rings. The summed E-state index contributed by atoms with van der Waals surface area (Å²) >= 11 is 6.28. The van der Waals surface area contributed by atoms with E-state index < -0.39 is 0 Å². The minimum atomic E-state index is -0.386. The van der Waals surface area contributed by atoms with Gasteiger partial charge in [0.15, 0.2) is 0 Å². The van der Waals surface area contributed by atoms with Gasteiger partial charge in [-0.2, -0.15) is 4.68 Å². The number of aromatic nitrogens is 4. The van der Waals surface area contributed by atoms with Crippen LogP contribution in [0.5, 0.6) is 0 Å². The fourth-order valence-electron chi connectivity index (χ4n) is 2.51. The van der Waals surface area contributed by atoms with Gasteiger partial charge in [0.05, 0.1) is 10.7 Å². The third-order valence-electron chi connectivity index (χ3n) is 3.82. The first kappa shape index (κ1) is 15.6. The number of aromatic amines is 1. The molecule has 1 aliphatic rings. The third kappa shape index (κ3) is 3.37. The predicted octanol–water partition coefficient (Wildman–Crippen LogP) is 3.05. The number of nitrogens with zero attached hydrogens (tertiary/aromatic N) is 3. The fourth-order valence-corrected chi connectivity index (χ4v) is 2.81. The zero-order valence-corrected chi connectivity index (χ0v) is 13.5. The third-order valence-corrected chi connectivity index (χ3v) is 4.14. The van der Waals surface area contributed by atoms with E-state index in [1.54, 1.807) is 6.07 Å². The van der Waals surface area contributed by atoms with Crippen LogP contribution < -0.4 is 5.69 Å². The first-order valence-electron chi connectivity index (χ1n) is 7.48. The summed E-state index contributed by atoms with van der Waals surface area (Å²) in [5, 5.41) is 10.2. The van der Waals surface area contributed by atoms with Crippen LogP contribution in [0.2, 0.25) is 0 Å². The Labute approximate surface area is 138 Å². The number of rotatable bonds is 5. The van der Waals surface area contributed by atoms with Gasteiger partial charge in [0, 0.05) is 12.0 Å². The molecule has 3 rings (SSSR count). The van der Waals surface area contributed by atoms with E-state index in [0.29, 0.717) is 17.3 Å². The number of hydrogen-bond acceptors (Lipinski definition) is 4. The number of halogens is 1. The summed E-state index contributed by atoms with van der Waals surface area (Å²) in [5.41, 5.74) is 2.43. The van der Waals surface area contributed by atoms with Crippen molar-refractivity contribution in [2.75, 3.05) is 0 Å². The van der Waals surface area contributed by atoms with Gasteiger partial charge >= 0.3 is 5.69 Å². The van der Waals surface area contributed by atoms with Crippen LogP contribution in [0.15, 0.2) is 51.5 Å². The van der Waals surface area contributed by atoms with Crippen LogP contribution in [0.3, 0.4) is 0 Å². The van der Waals surface area contributed by atoms with Crippen molar-refractivity contribution in [1.82, 2.24) is 20.2 Å². The van der Waals surface area contributed by atoms with Crippen LogP contribution in [0.1, 0.15) is 31.7 Å². The van der Waals surface area contributed by atoms with Crippen LogP contribution in [0.25, 0.3) is 5.69 Å². The molecule has 1 heterocycles. The molecule has 6 nitrogen and oxygen atoms in total. The molecular formula is C16H17ClN4O2. The molecule has 120 valence electrons. The van der Waals surface area contributed by atoms with Crippen molar-refractivity contribution < 1.29 is 4.74 Å². The molecule has 23 heavy (non-hydrogen) atoms. The maximum atomic E-state index is 11.7. The molecule has 0 radical (unpaired) electrons. The van der Waals surface area contributed by atoms with Gasteiger partial charge in [-0.3, -0.25) is 0 Å². The Balaban J connectivity index is 1.81. The molecule has 2 aromatic rings. The molecule has 1 aromatic heterocycles. The number of benzene rings is 1. The zero-order chi connectivity index (χ0) is 16.2. The lowest BCUT2D eigenvalue weighted by atomic mass is 10.0. The van der Waals surface area contributed by atoms with E-state index in [4.69, 9.17) is 16.3 Å². The molecular weight excluding hydrogens is 316 g/mol. The largest absolute Gasteiger partial charge is 0.492 e. The van der Waals surface area contributed by atoms with E-state index in [0.717, 1.165) is 30.6 Å². The average molecular weight is 333 g/mol. The van der Waals surface area contributed by atoms with Gasteiger partial charge < -0.3 is 4.74 Å². The van der Waals surface area contributed by atoms with E-state index in [-0.39, 0.29) is 5.69 Å². The molecule has 7 heteroatoms. The average Bonchev–Trinajstić information content (AvgIpc) is 3.00. The van der Waals surface area contributed by atoms with E-state index in [2.05, 4.69) is 22.4 Å². The molecule has 0 spiro atoms. The smallest absolute Gasteiger partial charge is 0.365 e. The second kappa shape index (κ2) is 6.83. The van der Waals surface area contributed by atoms with Gasteiger partial charge in [0.25, 0.3) is 0 Å². The van der Waals surface area contributed by atoms with E-state index in [9.17, 15) is 4.79 Å². The fraction of sp³-hybridized carbons (Fsp3) is 0.312. The highest BCUT2D eigenvalue weighted by Gasteiger charge is 2.14. The number of allylic oxidation sites excluding steroid dienone is 4. The lowest BCUT2D eigenvalue weighted by molar-refractivity contribution is 0.186. The second-order valence-corrected chi connectivity index (χ2v) is 5.67. The van der Waals surface area contributed by atoms with Crippen molar-refractivity contribution in [2.24, 2.45) is 0 Å². The van der Waals surface area contributed by atoms with E-state index >= 15 is 0 Å². The molecule has 1 N–H and O–H groups in total. The Hall–Kier alpha value is -2.34. The number of nitrogens with one attached hydrogen (secondary N) is 1. The molecule has 0 amide bonds. The number of H-pyrrole nitrogens is 1. The van der Waals surface area contributed by atoms with Gasteiger partial charge in [-0.15, -0.1) is 0 Å². The first-order chi connectivity index (χ1) is 11.2. The Kier molecular flexibility index (Phi) is 4.62. The molecule has 1 aliphatic carbocycles. The molecule has 1 aromatic carbocycles. The number of hydrogen-bond donors (Lipinski definition) is 1. The topological polar surface area (TPSA) is 72.8 Å². The summed E-state index contributed by atoms with van der Waals surface area (Å²) in [4.78, 5) is 11.7. The van der Waals surface area contributed by atoms with Crippen molar-refractivity contribution in [3.63, 3.8) is 0 Å². The highest BCUT2D eigenvalue weighted by Crippen LogP contribution is 2.29. The summed E-state index contributed by atoms with van der Waals surface area (Å²) in [6.07, 6.45) is 4.74. The van der Waals surface area contributed by atoms with Crippen LogP contribution >= 0.6 is 11.6 Å². The summed E-state index contributed by atoms with van der Waals surface area (Å²) in [5.74, 6) is 0.783. The molecule has 0 saturated heterocycles. The van der Waals surface area contributed by atoms with Gasteiger partial charge in [0.2, 0.25) is 0 Å². The summed E-state index contributed by atoms with van der Waals surface area (Å²) < 4.78 is 7.09. The monoisotopic (exact) mass is 332 g/mol. The van der Waals surface area contributed by atoms with E-state index in [1.807, 2.05) is 24.3 Å². The van der Waals surface area contributed by atoms with Gasteiger partial charge in [-0.05, 0) is 35.4 Å². The zero-order valence-electron chi connectivity index (χ0n) is 12.8. The molecule has 0 aliphatic heterocycles. The maximum absolute atomic E-state index is 11.7. The summed E-state index contributed by atoms with van der Waals surface area (Å²) in [6, 6.07) is 7.41. The molecule has 0 unspecified atom stereocenters. The predicted molar refractivity (Wildman–Crippen MR) is 87.3 cm³/mol. The van der Waals surface area contributed by atoms with Crippen LogP contribution in [-0.2, 0) is 11.3 Å². The van der Waals surface area contributed by atoms with Crippen molar-refractivity contribution in [3.05, 3.63) is 62.8 Å². The van der Waals surface area contributed by atoms with E-state index in [1.165, 1.54) is 10.3 Å². The Bertz CT molecular complexity index is 819. The lowest BCUT2D eigenvalue weighted by Crippen LogP contribution is -2.17. The van der Waals surface area contributed by atoms with Crippen molar-refractivity contribution in [3.8, 4) is 5.69 Å². The number of tetrazole rings is 1. The minimum absolute atomic E-state index is 0.316. The minimum Gasteiger partial charge on any atom is -0.492 e. The number of para-hydroxylation sites is 1. The Morgan fingerprint density at radius 2 is 2.17 bits per heavy atom. The summed E-state index contributed by atoms with van der Waals surface area (Å²) in [7, 11) is 0. The quantitative estimate of drug-likeness (QED) is 0.913. The van der Waals surface area contributed by atoms with Crippen LogP contribution in [-0.4, -0.2) is 20.2 Å². The maximum Gasteiger partial charge on any atom is 0.365 e. The standard InChI is InChI=1S/C16H17ClN4O2/c1-2-11-7-8-15(13(17)9-11)23-10-12-5-3-4-6-14(12)21-16(22)18-19-20-21/h3-6,9H,2,7-8,10H2,1H3,(H,18,20,22). The molecule has 0 atom stereocenters. The van der Waals surface area contributed by atoms with Gasteiger partial charge in [-0.1, -0.05) is 42.3 Å². The van der Waals surface area contributed by atoms with Gasteiger partial charge in [-0.25, -0.2) is 9.89 Å². The Morgan fingerprint density at radius 3 is 2.87 bits per heavy atom. The SMILES string of the molecule is CCC1=CC(Cl)=C(OCc2ccccc2-n2nn[nH]c2=O)CC1. The van der Waals surface area contributed by atoms with Crippen LogP contribution in [0, 0.1) is 0 Å². The first-order valence-corrected chi connectivity index (χ1v) is 7.86. The summed E-state index contributed by atoms with van der Waals surface area (Å²) in [6.45, 7) is 2.43. The normalized spacial score (nSPS) is 14.8. The highest BCUT2D eigenvalue weighted by molar-refractivity contribution is 6.31. The van der Waals surface area contributed by atoms with Crippen molar-refractivity contribution in [2.45, 2.75) is 32.8 Å². The second-order valence-electron chi connectivity index (χ2n) is 5.26. The van der Waals surface area contributed by atoms with Crippen molar-refractivity contribution in [1.29, 1.82) is 0 Å². The van der Waals surface area contributed by atoms with Crippen molar-refractivity contribution >= 4 is 11.6 Å².